The fourth-order valence-electron chi connectivity index (χ4n) is 7.73. The first-order chi connectivity index (χ1) is 29.3. The molecule has 0 unspecified atom stereocenters. The third-order valence-electron chi connectivity index (χ3n) is 11.8. The number of hydrogen-bond acceptors (Lipinski definition) is 9. The molecule has 65 heavy (non-hydrogen) atoms. The average molecular weight is 900 g/mol. The minimum Gasteiger partial charge on any atom is -0.507 e. The highest BCUT2D eigenvalue weighted by Crippen LogP contribution is 2.43. The molecule has 0 spiro atoms. The number of aromatic hydroxyl groups is 3. The summed E-state index contributed by atoms with van der Waals surface area (Å²) in [6, 6.07) is 11.7. The van der Waals surface area contributed by atoms with Gasteiger partial charge in [0.2, 0.25) is 0 Å². The van der Waals surface area contributed by atoms with Crippen molar-refractivity contribution in [1.82, 2.24) is 0 Å². The lowest BCUT2D eigenvalue weighted by atomic mass is 9.78. The first-order valence-electron chi connectivity index (χ1n) is 23.3. The second-order valence-electron chi connectivity index (χ2n) is 24.6. The fraction of sp³-hybridized carbons (Fsp3) is 0.607. The Morgan fingerprint density at radius 2 is 0.554 bits per heavy atom. The van der Waals surface area contributed by atoms with Gasteiger partial charge in [-0.25, -0.2) is 0 Å². The summed E-state index contributed by atoms with van der Waals surface area (Å²) in [5.74, 6) is -0.684. The van der Waals surface area contributed by atoms with Crippen LogP contribution in [0.25, 0.3) is 0 Å². The molecule has 9 heteroatoms. The summed E-state index contributed by atoms with van der Waals surface area (Å²) in [6.07, 6.45) is 1.26. The number of benzene rings is 3. The summed E-state index contributed by atoms with van der Waals surface area (Å²) in [5.41, 5.74) is 4.24. The standard InChI is InChI=1S/C56H83O9/c1-50(2,3)38-26-35(27-39(47(38)60)51(4,5)6)20-23-44(57)63-32-56(19,33-64-45(58)24-21-36-28-40(52(7,8)9)48(61)41(29-36)53(10,11)12)34-65-46(59)25-22-37-30-42(54(13,14)15)49(62)43(31-37)55(16,17)18/h26-31,60-62H,19-25,32-34H2,1-18H3. The third-order valence-corrected chi connectivity index (χ3v) is 11.8. The molecule has 361 valence electrons. The van der Waals surface area contributed by atoms with Crippen molar-refractivity contribution in [1.29, 1.82) is 0 Å². The highest BCUT2D eigenvalue weighted by atomic mass is 16.6. The number of phenolic OH excluding ortho intramolecular Hbond substituents is 3. The van der Waals surface area contributed by atoms with Gasteiger partial charge in [-0.15, -0.1) is 0 Å². The molecule has 0 saturated heterocycles. The molecule has 0 bridgehead atoms. The van der Waals surface area contributed by atoms with Crippen LogP contribution in [0.15, 0.2) is 36.4 Å². The van der Waals surface area contributed by atoms with E-state index in [0.717, 1.165) is 50.1 Å². The van der Waals surface area contributed by atoms with E-state index in [2.05, 4.69) is 6.92 Å². The molecule has 0 aliphatic carbocycles. The summed E-state index contributed by atoms with van der Waals surface area (Å²) in [7, 11) is 0. The first kappa shape index (κ1) is 54.8. The van der Waals surface area contributed by atoms with Gasteiger partial charge in [0.05, 0.1) is 5.41 Å². The van der Waals surface area contributed by atoms with Crippen LogP contribution < -0.4 is 0 Å². The number of carbonyl (C=O) groups is 3. The van der Waals surface area contributed by atoms with E-state index in [4.69, 9.17) is 14.2 Å². The Morgan fingerprint density at radius 3 is 0.708 bits per heavy atom. The van der Waals surface area contributed by atoms with Gasteiger partial charge in [-0.2, -0.15) is 0 Å². The molecular weight excluding hydrogens is 817 g/mol. The Bertz CT molecular complexity index is 1820. The second kappa shape index (κ2) is 20.1. The van der Waals surface area contributed by atoms with Gasteiger partial charge in [-0.05, 0) is 109 Å². The van der Waals surface area contributed by atoms with Crippen molar-refractivity contribution in [3.8, 4) is 17.2 Å². The number of ether oxygens (including phenoxy) is 3. The molecule has 0 saturated carbocycles. The van der Waals surface area contributed by atoms with Crippen LogP contribution in [0.3, 0.4) is 0 Å². The number of carbonyl (C=O) groups excluding carboxylic acids is 3. The SMILES string of the molecule is [CH2]C(COC(=O)CCc1cc(C(C)(C)C)c(O)c(C(C)(C)C)c1)(COC(=O)CCc1cc(C(C)(C)C)c(O)c(C(C)(C)C)c1)COC(=O)CCc1cc(C(C)(C)C)c(O)c(C(C)(C)C)c1. The number of aryl methyl sites for hydroxylation is 3. The number of phenols is 3. The Kier molecular flexibility index (Phi) is 17.0. The quantitative estimate of drug-likeness (QED) is 0.100. The van der Waals surface area contributed by atoms with E-state index >= 15 is 0 Å². The molecule has 0 aromatic heterocycles. The van der Waals surface area contributed by atoms with Crippen molar-refractivity contribution in [3.63, 3.8) is 0 Å². The van der Waals surface area contributed by atoms with E-state index in [1.807, 2.05) is 161 Å². The lowest BCUT2D eigenvalue weighted by molar-refractivity contribution is -0.158. The van der Waals surface area contributed by atoms with Crippen molar-refractivity contribution in [3.05, 3.63) is 93.4 Å². The van der Waals surface area contributed by atoms with Crippen LogP contribution in [0.1, 0.15) is 194 Å². The smallest absolute Gasteiger partial charge is 0.306 e. The van der Waals surface area contributed by atoms with Crippen molar-refractivity contribution < 1.29 is 43.9 Å². The molecule has 3 aromatic rings. The molecular formula is C56H83O9. The third kappa shape index (κ3) is 15.5. The van der Waals surface area contributed by atoms with Crippen LogP contribution in [0.5, 0.6) is 17.2 Å². The van der Waals surface area contributed by atoms with Crippen molar-refractivity contribution in [2.75, 3.05) is 19.8 Å². The summed E-state index contributed by atoms with van der Waals surface area (Å²) >= 11 is 0. The maximum Gasteiger partial charge on any atom is 0.306 e. The molecule has 0 fully saturated rings. The van der Waals surface area contributed by atoms with Crippen LogP contribution >= 0.6 is 0 Å². The highest BCUT2D eigenvalue weighted by Gasteiger charge is 2.33. The average Bonchev–Trinajstić information content (AvgIpc) is 3.14. The van der Waals surface area contributed by atoms with Crippen molar-refractivity contribution in [2.45, 2.75) is 196 Å². The van der Waals surface area contributed by atoms with E-state index < -0.39 is 23.3 Å². The van der Waals surface area contributed by atoms with Crippen molar-refractivity contribution >= 4 is 17.9 Å². The van der Waals surface area contributed by atoms with E-state index in [0.29, 0.717) is 19.3 Å². The second-order valence-corrected chi connectivity index (χ2v) is 24.6. The molecule has 3 rings (SSSR count). The summed E-state index contributed by atoms with van der Waals surface area (Å²) in [5, 5.41) is 33.6. The molecule has 9 nitrogen and oxygen atoms in total. The Hall–Kier alpha value is -4.53. The summed E-state index contributed by atoms with van der Waals surface area (Å²) in [6.45, 7) is 40.2. The molecule has 0 aliphatic heterocycles. The molecule has 3 N–H and O–H groups in total. The van der Waals surface area contributed by atoms with Crippen LogP contribution in [-0.2, 0) is 80.3 Å². The van der Waals surface area contributed by atoms with Gasteiger partial charge < -0.3 is 29.5 Å². The van der Waals surface area contributed by atoms with Gasteiger partial charge in [0.15, 0.2) is 0 Å². The predicted molar refractivity (Wildman–Crippen MR) is 262 cm³/mol. The van der Waals surface area contributed by atoms with Gasteiger partial charge in [-0.1, -0.05) is 161 Å². The Balaban J connectivity index is 1.82. The van der Waals surface area contributed by atoms with Gasteiger partial charge in [0, 0.05) is 19.3 Å². The van der Waals surface area contributed by atoms with Crippen LogP contribution in [0, 0.1) is 12.3 Å². The van der Waals surface area contributed by atoms with Crippen molar-refractivity contribution in [2.24, 2.45) is 5.41 Å². The molecule has 0 atom stereocenters. The fourth-order valence-corrected chi connectivity index (χ4v) is 7.73. The first-order valence-corrected chi connectivity index (χ1v) is 23.3. The molecule has 3 aromatic carbocycles. The van der Waals surface area contributed by atoms with E-state index in [1.165, 1.54) is 0 Å². The lowest BCUT2D eigenvalue weighted by Crippen LogP contribution is -2.37. The molecule has 0 amide bonds. The van der Waals surface area contributed by atoms with Gasteiger partial charge >= 0.3 is 17.9 Å². The summed E-state index contributed by atoms with van der Waals surface area (Å²) in [4.78, 5) is 40.1. The lowest BCUT2D eigenvalue weighted by Gasteiger charge is -2.29. The van der Waals surface area contributed by atoms with E-state index in [9.17, 15) is 29.7 Å². The largest absolute Gasteiger partial charge is 0.507 e. The van der Waals surface area contributed by atoms with Gasteiger partial charge in [0.1, 0.15) is 37.1 Å². The zero-order valence-electron chi connectivity index (χ0n) is 43.3. The molecule has 1 radical (unpaired) electrons. The monoisotopic (exact) mass is 900 g/mol. The number of hydrogen-bond donors (Lipinski definition) is 3. The minimum absolute atomic E-state index is 0.0487. The van der Waals surface area contributed by atoms with Crippen LogP contribution in [0.4, 0.5) is 0 Å². The topological polar surface area (TPSA) is 140 Å². The van der Waals surface area contributed by atoms with Crippen LogP contribution in [0.2, 0.25) is 0 Å². The van der Waals surface area contributed by atoms with Crippen LogP contribution in [-0.4, -0.2) is 53.0 Å². The molecule has 0 aliphatic rings. The van der Waals surface area contributed by atoms with Gasteiger partial charge in [-0.3, -0.25) is 14.4 Å². The summed E-state index contributed by atoms with van der Waals surface area (Å²) < 4.78 is 17.4. The predicted octanol–water partition coefficient (Wildman–Crippen LogP) is 12.2. The zero-order valence-corrected chi connectivity index (χ0v) is 43.3. The minimum atomic E-state index is -1.31. The van der Waals surface area contributed by atoms with E-state index in [1.54, 1.807) is 0 Å². The number of esters is 3. The maximum absolute atomic E-state index is 13.4. The Morgan fingerprint density at radius 1 is 0.385 bits per heavy atom. The number of rotatable bonds is 15. The normalized spacial score (nSPS) is 13.2. The maximum atomic E-state index is 13.4. The van der Waals surface area contributed by atoms with E-state index in [-0.39, 0.29) is 88.8 Å². The molecule has 0 heterocycles. The zero-order chi connectivity index (χ0) is 49.9. The Labute approximate surface area is 392 Å². The van der Waals surface area contributed by atoms with Gasteiger partial charge in [0.25, 0.3) is 0 Å². The highest BCUT2D eigenvalue weighted by molar-refractivity contribution is 5.71.